The molecule has 0 aliphatic carbocycles. The molecule has 0 aliphatic heterocycles. The molecule has 1 unspecified atom stereocenters. The number of carbonyl (C=O) groups is 2. The van der Waals surface area contributed by atoms with Crippen molar-refractivity contribution in [2.75, 3.05) is 26.9 Å². The minimum Gasteiger partial charge on any atom is -0.467 e. The third-order valence-corrected chi connectivity index (χ3v) is 2.52. The molecule has 0 bridgehead atoms. The Morgan fingerprint density at radius 3 is 2.41 bits per heavy atom. The van der Waals surface area contributed by atoms with Gasteiger partial charge in [-0.05, 0) is 13.3 Å². The van der Waals surface area contributed by atoms with Crippen LogP contribution >= 0.6 is 0 Å². The van der Waals surface area contributed by atoms with E-state index in [9.17, 15) is 9.59 Å². The smallest absolute Gasteiger partial charge is 0.333 e. The van der Waals surface area contributed by atoms with Crippen molar-refractivity contribution < 1.29 is 23.8 Å². The van der Waals surface area contributed by atoms with Crippen molar-refractivity contribution in [1.29, 1.82) is 0 Å². The van der Waals surface area contributed by atoms with Crippen LogP contribution in [-0.2, 0) is 23.8 Å². The first-order valence-corrected chi connectivity index (χ1v) is 5.38. The first kappa shape index (κ1) is 15.6. The quantitative estimate of drug-likeness (QED) is 0.348. The Labute approximate surface area is 102 Å². The molecule has 0 radical (unpaired) electrons. The first-order chi connectivity index (χ1) is 8.01. The van der Waals surface area contributed by atoms with Gasteiger partial charge in [-0.15, -0.1) is 0 Å². The monoisotopic (exact) mass is 244 g/mol. The second kappa shape index (κ2) is 7.84. The van der Waals surface area contributed by atoms with Crippen LogP contribution in [0.4, 0.5) is 0 Å². The summed E-state index contributed by atoms with van der Waals surface area (Å²) in [5.41, 5.74) is -0.162. The lowest BCUT2D eigenvalue weighted by molar-refractivity contribution is -0.148. The van der Waals surface area contributed by atoms with Crippen molar-refractivity contribution in [2.45, 2.75) is 20.3 Å². The molecular weight excluding hydrogens is 224 g/mol. The number of hydrogen-bond acceptors (Lipinski definition) is 5. The average molecular weight is 244 g/mol. The predicted molar refractivity (Wildman–Crippen MR) is 62.4 cm³/mol. The Morgan fingerprint density at radius 1 is 1.35 bits per heavy atom. The summed E-state index contributed by atoms with van der Waals surface area (Å²) in [5, 5.41) is 0. The number of carbonyl (C=O) groups excluding carboxylic acids is 2. The molecule has 0 fully saturated rings. The number of hydrogen-bond donors (Lipinski definition) is 0. The molecule has 98 valence electrons. The molecule has 0 aromatic rings. The fraction of sp³-hybridized carbons (Fsp3) is 0.667. The van der Waals surface area contributed by atoms with Crippen molar-refractivity contribution in [3.8, 4) is 0 Å². The third kappa shape index (κ3) is 5.49. The van der Waals surface area contributed by atoms with Gasteiger partial charge in [-0.2, -0.15) is 0 Å². The van der Waals surface area contributed by atoms with Gasteiger partial charge in [0.2, 0.25) is 0 Å². The molecule has 5 nitrogen and oxygen atoms in total. The minimum absolute atomic E-state index is 0.136. The molecule has 0 spiro atoms. The topological polar surface area (TPSA) is 61.8 Å². The van der Waals surface area contributed by atoms with Crippen LogP contribution in [0.5, 0.6) is 0 Å². The zero-order chi connectivity index (χ0) is 13.3. The predicted octanol–water partition coefficient (Wildman–Crippen LogP) is 1.32. The van der Waals surface area contributed by atoms with Gasteiger partial charge in [-0.3, -0.25) is 4.79 Å². The molecule has 0 heterocycles. The molecule has 0 rings (SSSR count). The van der Waals surface area contributed by atoms with Gasteiger partial charge in [-0.25, -0.2) is 4.79 Å². The van der Waals surface area contributed by atoms with Crippen molar-refractivity contribution in [2.24, 2.45) is 5.41 Å². The van der Waals surface area contributed by atoms with Crippen LogP contribution in [0.15, 0.2) is 12.2 Å². The summed E-state index contributed by atoms with van der Waals surface area (Å²) in [7, 11) is 1.55. The molecule has 0 saturated heterocycles. The Hall–Kier alpha value is -1.36. The summed E-state index contributed by atoms with van der Waals surface area (Å²) in [4.78, 5) is 21.5. The van der Waals surface area contributed by atoms with Crippen LogP contribution in [-0.4, -0.2) is 39.4 Å². The van der Waals surface area contributed by atoms with E-state index in [0.717, 1.165) is 0 Å². The van der Waals surface area contributed by atoms with E-state index in [2.05, 4.69) is 6.58 Å². The van der Waals surface area contributed by atoms with Crippen LogP contribution < -0.4 is 0 Å². The van der Waals surface area contributed by atoms with Crippen LogP contribution in [0.2, 0.25) is 0 Å². The summed E-state index contributed by atoms with van der Waals surface area (Å²) in [6.45, 7) is 8.01. The summed E-state index contributed by atoms with van der Waals surface area (Å²) in [6.07, 6.45) is 0.665. The van der Waals surface area contributed by atoms with Crippen molar-refractivity contribution in [1.82, 2.24) is 0 Å². The van der Waals surface area contributed by atoms with E-state index >= 15 is 0 Å². The van der Waals surface area contributed by atoms with Gasteiger partial charge < -0.3 is 14.2 Å². The molecule has 0 N–H and O–H groups in total. The maximum atomic E-state index is 11.3. The molecule has 0 amide bonds. The first-order valence-electron chi connectivity index (χ1n) is 5.38. The normalized spacial score (nSPS) is 13.6. The Bertz CT molecular complexity index is 274. The second-order valence-electron chi connectivity index (χ2n) is 4.05. The molecule has 0 aromatic heterocycles. The van der Waals surface area contributed by atoms with E-state index in [1.54, 1.807) is 14.0 Å². The summed E-state index contributed by atoms with van der Waals surface area (Å²) >= 11 is 0. The fourth-order valence-corrected chi connectivity index (χ4v) is 1.29. The van der Waals surface area contributed by atoms with E-state index in [4.69, 9.17) is 14.2 Å². The van der Waals surface area contributed by atoms with E-state index < -0.39 is 11.4 Å². The minimum atomic E-state index is -0.499. The second-order valence-corrected chi connectivity index (χ2v) is 4.05. The van der Waals surface area contributed by atoms with Crippen LogP contribution in [0, 0.1) is 5.41 Å². The lowest BCUT2D eigenvalue weighted by Gasteiger charge is -2.30. The highest BCUT2D eigenvalue weighted by Gasteiger charge is 2.31. The summed E-state index contributed by atoms with van der Waals surface area (Å²) in [5.74, 6) is -0.454. The average Bonchev–Trinajstić information content (AvgIpc) is 2.32. The number of esters is 1. The van der Waals surface area contributed by atoms with E-state index in [-0.39, 0.29) is 13.2 Å². The van der Waals surface area contributed by atoms with Crippen molar-refractivity contribution >= 4 is 12.4 Å². The maximum absolute atomic E-state index is 11.3. The molecule has 17 heavy (non-hydrogen) atoms. The summed E-state index contributed by atoms with van der Waals surface area (Å²) < 4.78 is 14.9. The fourth-order valence-electron chi connectivity index (χ4n) is 1.29. The van der Waals surface area contributed by atoms with Crippen LogP contribution in [0.1, 0.15) is 20.3 Å². The largest absolute Gasteiger partial charge is 0.467 e. The van der Waals surface area contributed by atoms with Crippen molar-refractivity contribution in [3.05, 3.63) is 12.2 Å². The van der Waals surface area contributed by atoms with Gasteiger partial charge >= 0.3 is 5.97 Å². The zero-order valence-corrected chi connectivity index (χ0v) is 10.7. The molecule has 0 aliphatic rings. The van der Waals surface area contributed by atoms with Crippen LogP contribution in [0.3, 0.4) is 0 Å². The number of rotatable bonds is 9. The Kier molecular flexibility index (Phi) is 7.21. The highest BCUT2D eigenvalue weighted by molar-refractivity contribution is 5.86. The lowest BCUT2D eigenvalue weighted by Crippen LogP contribution is -2.37. The Morgan fingerprint density at radius 2 is 2.00 bits per heavy atom. The lowest BCUT2D eigenvalue weighted by atomic mass is 9.88. The molecule has 5 heteroatoms. The van der Waals surface area contributed by atoms with E-state index in [1.807, 2.05) is 6.92 Å². The summed E-state index contributed by atoms with van der Waals surface area (Å²) in [6, 6.07) is 0. The molecule has 0 saturated carbocycles. The number of ether oxygens (including phenoxy) is 3. The number of methoxy groups -OCH3 is 1. The van der Waals surface area contributed by atoms with Gasteiger partial charge in [0.1, 0.15) is 13.2 Å². The Balaban J connectivity index is 4.49. The van der Waals surface area contributed by atoms with E-state index in [1.165, 1.54) is 0 Å². The molecule has 1 atom stereocenters. The standard InChI is InChI=1S/C12H20O5/c1-5-12(6-15-4,7-16-9-13)8-17-11(14)10(2)3/h9H,2,5-8H2,1,3-4H3. The molecule has 0 aromatic carbocycles. The highest BCUT2D eigenvalue weighted by Crippen LogP contribution is 2.23. The van der Waals surface area contributed by atoms with Crippen LogP contribution in [0.25, 0.3) is 0 Å². The van der Waals surface area contributed by atoms with E-state index in [0.29, 0.717) is 25.1 Å². The van der Waals surface area contributed by atoms with Gasteiger partial charge in [0, 0.05) is 12.7 Å². The highest BCUT2D eigenvalue weighted by atomic mass is 16.5. The van der Waals surface area contributed by atoms with Gasteiger partial charge in [0.25, 0.3) is 6.47 Å². The third-order valence-electron chi connectivity index (χ3n) is 2.52. The molecular formula is C12H20O5. The van der Waals surface area contributed by atoms with Gasteiger partial charge in [0.15, 0.2) is 0 Å². The van der Waals surface area contributed by atoms with Crippen molar-refractivity contribution in [3.63, 3.8) is 0 Å². The zero-order valence-electron chi connectivity index (χ0n) is 10.7. The van der Waals surface area contributed by atoms with Gasteiger partial charge in [0.05, 0.1) is 12.0 Å². The van der Waals surface area contributed by atoms with Gasteiger partial charge in [-0.1, -0.05) is 13.5 Å². The SMILES string of the molecule is C=C(C)C(=O)OCC(CC)(COC)COC=O. The maximum Gasteiger partial charge on any atom is 0.333 e.